The van der Waals surface area contributed by atoms with Gasteiger partial charge in [-0.2, -0.15) is 0 Å². The molecule has 9 rings (SSSR count). The average molecular weight is 224 g/mol. The second kappa shape index (κ2) is 2.31. The number of carboxylic acid groups (broad SMARTS) is 1. The molecule has 0 aromatic carbocycles. The molecule has 0 spiro atoms. The van der Waals surface area contributed by atoms with Gasteiger partial charge in [0.15, 0.2) is 5.66 Å². The third-order valence-electron chi connectivity index (χ3n) is 5.11. The lowest BCUT2D eigenvalue weighted by atomic mass is 9.43. The van der Waals surface area contributed by atoms with Gasteiger partial charge >= 0.3 is 13.1 Å². The van der Waals surface area contributed by atoms with Gasteiger partial charge in [-0.25, -0.2) is 4.79 Å². The number of hydrogen-bond acceptors (Lipinski definition) is 5. The van der Waals surface area contributed by atoms with Crippen LogP contribution in [0.15, 0.2) is 0 Å². The first kappa shape index (κ1) is 9.41. The van der Waals surface area contributed by atoms with Crippen molar-refractivity contribution in [1.82, 2.24) is 9.80 Å². The largest absolute Gasteiger partial charge is 0.479 e. The molecular weight excluding hydrogens is 211 g/mol. The standard InChI is InChI=1S/C9H13BN2O4/c13-7(14)9-8(2-1-3-10(15)16)5-4-11(9)6(8)12(5)9/h5-6,15-16H,1-4H2,(H,13,14). The van der Waals surface area contributed by atoms with E-state index in [9.17, 15) is 9.90 Å². The van der Waals surface area contributed by atoms with Crippen LogP contribution >= 0.6 is 0 Å². The zero-order valence-corrected chi connectivity index (χ0v) is 8.70. The van der Waals surface area contributed by atoms with Crippen molar-refractivity contribution in [2.45, 2.75) is 37.0 Å². The zero-order valence-electron chi connectivity index (χ0n) is 8.70. The van der Waals surface area contributed by atoms with Crippen molar-refractivity contribution in [3.63, 3.8) is 0 Å². The maximum absolute atomic E-state index is 11.3. The van der Waals surface area contributed by atoms with Crippen LogP contribution in [0.1, 0.15) is 12.8 Å². The molecule has 0 saturated carbocycles. The SMILES string of the molecule is O=C(O)C12N3CC4N1C3C42CCCB(O)O. The number of carboxylic acids is 1. The van der Waals surface area contributed by atoms with E-state index < -0.39 is 18.8 Å². The minimum Gasteiger partial charge on any atom is -0.479 e. The fraction of sp³-hybridized carbons (Fsp3) is 0.889. The molecule has 9 aliphatic rings. The second-order valence-corrected chi connectivity index (χ2v) is 5.34. The van der Waals surface area contributed by atoms with Gasteiger partial charge in [-0.3, -0.25) is 9.80 Å². The summed E-state index contributed by atoms with van der Waals surface area (Å²) in [6.45, 7) is 0.888. The van der Waals surface area contributed by atoms with Crippen molar-refractivity contribution >= 4 is 13.1 Å². The van der Waals surface area contributed by atoms with Crippen LogP contribution in [-0.4, -0.2) is 62.5 Å². The van der Waals surface area contributed by atoms with Gasteiger partial charge in [0.2, 0.25) is 0 Å². The molecule has 6 atom stereocenters. The first-order valence-electron chi connectivity index (χ1n) is 5.73. The molecule has 0 aromatic rings. The van der Waals surface area contributed by atoms with E-state index in [0.717, 1.165) is 13.0 Å². The van der Waals surface area contributed by atoms with E-state index in [4.69, 9.17) is 10.0 Å². The van der Waals surface area contributed by atoms with Crippen LogP contribution in [0.25, 0.3) is 0 Å². The van der Waals surface area contributed by atoms with Gasteiger partial charge in [0.05, 0.1) is 11.6 Å². The van der Waals surface area contributed by atoms with Crippen molar-refractivity contribution in [1.29, 1.82) is 0 Å². The van der Waals surface area contributed by atoms with Crippen LogP contribution in [0.2, 0.25) is 6.32 Å². The number of aliphatic carboxylic acids is 1. The Bertz CT molecular complexity index is 387. The first-order chi connectivity index (χ1) is 7.58. The summed E-state index contributed by atoms with van der Waals surface area (Å²) in [5.41, 5.74) is -0.754. The number of hydrogen-bond donors (Lipinski definition) is 3. The lowest BCUT2D eigenvalue weighted by molar-refractivity contribution is -0.487. The van der Waals surface area contributed by atoms with Crippen molar-refractivity contribution in [3.05, 3.63) is 0 Å². The Kier molecular flexibility index (Phi) is 1.36. The fourth-order valence-corrected chi connectivity index (χ4v) is 4.73. The molecule has 6 unspecified atom stereocenters. The molecule has 7 heteroatoms. The highest BCUT2D eigenvalue weighted by Gasteiger charge is 3.06. The van der Waals surface area contributed by atoms with Crippen LogP contribution in [-0.2, 0) is 4.79 Å². The summed E-state index contributed by atoms with van der Waals surface area (Å²) in [7, 11) is -1.26. The topological polar surface area (TPSA) is 84.2 Å². The lowest BCUT2D eigenvalue weighted by Crippen LogP contribution is -3.09. The predicted octanol–water partition coefficient (Wildman–Crippen LogP) is -1.64. The normalized spacial score (nSPS) is 57.6. The molecule has 6 nitrogen and oxygen atoms in total. The highest BCUT2D eigenvalue weighted by molar-refractivity contribution is 6.40. The lowest BCUT2D eigenvalue weighted by Gasteiger charge is -2.90. The van der Waals surface area contributed by atoms with Gasteiger partial charge in [0, 0.05) is 12.6 Å². The monoisotopic (exact) mass is 224 g/mol. The molecular formula is C9H13BN2O4. The molecule has 86 valence electrons. The van der Waals surface area contributed by atoms with E-state index >= 15 is 0 Å². The van der Waals surface area contributed by atoms with Gasteiger partial charge < -0.3 is 15.2 Å². The van der Waals surface area contributed by atoms with Gasteiger partial charge in [-0.15, -0.1) is 0 Å². The van der Waals surface area contributed by atoms with Crippen molar-refractivity contribution in [2.75, 3.05) is 6.54 Å². The van der Waals surface area contributed by atoms with Gasteiger partial charge in [-0.05, 0) is 12.7 Å². The first-order valence-corrected chi connectivity index (χ1v) is 5.73. The Labute approximate surface area is 92.6 Å². The molecule has 0 radical (unpaired) electrons. The molecule has 9 heterocycles. The molecule has 9 saturated heterocycles. The van der Waals surface area contributed by atoms with Gasteiger partial charge in [0.25, 0.3) is 0 Å². The Morgan fingerprint density at radius 2 is 2.25 bits per heavy atom. The van der Waals surface area contributed by atoms with E-state index in [0.29, 0.717) is 24.9 Å². The minimum atomic E-state index is -1.26. The summed E-state index contributed by atoms with van der Waals surface area (Å²) in [6.07, 6.45) is 2.20. The van der Waals surface area contributed by atoms with Crippen LogP contribution in [0.5, 0.6) is 0 Å². The van der Waals surface area contributed by atoms with Crippen LogP contribution in [0, 0.1) is 5.41 Å². The Balaban J connectivity index is 1.51. The average Bonchev–Trinajstić information content (AvgIpc) is 2.75. The van der Waals surface area contributed by atoms with Gasteiger partial charge in [0.1, 0.15) is 0 Å². The Morgan fingerprint density at radius 1 is 1.50 bits per heavy atom. The van der Waals surface area contributed by atoms with Crippen molar-refractivity contribution in [3.8, 4) is 0 Å². The van der Waals surface area contributed by atoms with E-state index in [2.05, 4.69) is 9.80 Å². The third kappa shape index (κ3) is 0.544. The minimum absolute atomic E-state index is 0.0618. The Hall–Kier alpha value is -0.625. The molecule has 16 heavy (non-hydrogen) atoms. The van der Waals surface area contributed by atoms with E-state index in [1.165, 1.54) is 0 Å². The highest BCUT2D eigenvalue weighted by Crippen LogP contribution is 2.87. The zero-order chi connectivity index (χ0) is 11.3. The van der Waals surface area contributed by atoms with E-state index in [1.807, 2.05) is 0 Å². The second-order valence-electron chi connectivity index (χ2n) is 5.34. The maximum Gasteiger partial charge on any atom is 0.451 e. The summed E-state index contributed by atoms with van der Waals surface area (Å²) >= 11 is 0. The van der Waals surface area contributed by atoms with Crippen LogP contribution in [0.3, 0.4) is 0 Å². The quantitative estimate of drug-likeness (QED) is 0.486. The predicted molar refractivity (Wildman–Crippen MR) is 53.2 cm³/mol. The number of rotatable bonds is 5. The van der Waals surface area contributed by atoms with Gasteiger partial charge in [-0.1, -0.05) is 6.42 Å². The van der Waals surface area contributed by atoms with Crippen molar-refractivity contribution in [2.24, 2.45) is 5.41 Å². The number of carbonyl (C=O) groups is 1. The maximum atomic E-state index is 11.3. The van der Waals surface area contributed by atoms with Crippen molar-refractivity contribution < 1.29 is 19.9 Å². The molecule has 9 fully saturated rings. The molecule has 3 N–H and O–H groups in total. The molecule has 9 aliphatic heterocycles. The molecule has 0 aromatic heterocycles. The summed E-state index contributed by atoms with van der Waals surface area (Å²) < 4.78 is 0. The fourth-order valence-electron chi connectivity index (χ4n) is 4.73. The summed E-state index contributed by atoms with van der Waals surface area (Å²) in [5.74, 6) is -0.728. The van der Waals surface area contributed by atoms with E-state index in [-0.39, 0.29) is 5.41 Å². The summed E-state index contributed by atoms with van der Waals surface area (Å²) in [6, 6.07) is 0.421. The summed E-state index contributed by atoms with van der Waals surface area (Å²) in [4.78, 5) is 15.5. The summed E-state index contributed by atoms with van der Waals surface area (Å²) in [5, 5.41) is 26.9. The third-order valence-corrected chi connectivity index (χ3v) is 5.11. The Morgan fingerprint density at radius 3 is 2.75 bits per heavy atom. The molecule has 6 bridgehead atoms. The van der Waals surface area contributed by atoms with Crippen LogP contribution < -0.4 is 0 Å². The smallest absolute Gasteiger partial charge is 0.451 e. The highest BCUT2D eigenvalue weighted by atomic mass is 16.4. The molecule has 0 amide bonds. The number of nitrogens with zero attached hydrogens (tertiary/aromatic N) is 2. The van der Waals surface area contributed by atoms with E-state index in [1.54, 1.807) is 0 Å². The molecule has 0 aliphatic carbocycles. The van der Waals surface area contributed by atoms with Crippen LogP contribution in [0.4, 0.5) is 0 Å².